The fraction of sp³-hybridized carbons (Fsp3) is 0.107. The Bertz CT molecular complexity index is 2380. The van der Waals surface area contributed by atoms with Crippen LogP contribution in [0, 0.1) is 13.7 Å². The van der Waals surface area contributed by atoms with E-state index in [1.54, 1.807) is 5.32 Å². The summed E-state index contributed by atoms with van der Waals surface area (Å²) in [5, 5.41) is 4.12. The number of hydrogen-bond acceptors (Lipinski definition) is 6. The van der Waals surface area contributed by atoms with Gasteiger partial charge in [0.15, 0.2) is 0 Å². The Morgan fingerprint density at radius 1 is 1.10 bits per heavy atom. The molecule has 11 heteroatoms. The molecule has 0 aliphatic rings. The van der Waals surface area contributed by atoms with Crippen molar-refractivity contribution in [2.45, 2.75) is 19.9 Å². The van der Waals surface area contributed by atoms with Crippen molar-refractivity contribution in [3.05, 3.63) is 108 Å². The van der Waals surface area contributed by atoms with Crippen LogP contribution in [0.25, 0.3) is 16.9 Å². The van der Waals surface area contributed by atoms with Gasteiger partial charge < -0.3 is 15.2 Å². The van der Waals surface area contributed by atoms with Crippen molar-refractivity contribution < 1.29 is 39.9 Å². The number of nitrogens with zero attached hydrogens (tertiary/aromatic N) is 5. The van der Waals surface area contributed by atoms with Gasteiger partial charge in [0.1, 0.15) is 1.37 Å². The molecule has 0 atom stereocenters. The number of benzene rings is 2. The van der Waals surface area contributed by atoms with Gasteiger partial charge in [-0.25, -0.2) is 15.0 Å². The number of carbonyl (C=O) groups excluding carboxylic acids is 1. The zero-order valence-corrected chi connectivity index (χ0v) is 19.1. The number of carbonyl (C=O) groups is 1. The summed E-state index contributed by atoms with van der Waals surface area (Å²) in [5.41, 5.74) is -8.92. The first-order chi connectivity index (χ1) is 25.3. The summed E-state index contributed by atoms with van der Waals surface area (Å²) in [7, 11) is 0. The first kappa shape index (κ1) is 12.7. The minimum atomic E-state index is -5.57. The number of aromatic nitrogens is 5. The minimum Gasteiger partial charge on any atom is -0.324 e. The van der Waals surface area contributed by atoms with E-state index in [9.17, 15) is 18.0 Å². The van der Waals surface area contributed by atoms with Crippen molar-refractivity contribution >= 4 is 23.2 Å². The second-order valence-electron chi connectivity index (χ2n) is 7.43. The van der Waals surface area contributed by atoms with Crippen molar-refractivity contribution in [3.8, 4) is 16.9 Å². The van der Waals surface area contributed by atoms with Crippen LogP contribution in [0.4, 0.5) is 30.5 Å². The number of hydrogen-bond donors (Lipinski definition) is 2. The first-order valence-electron chi connectivity index (χ1n) is 18.5. The Kier molecular flexibility index (Phi) is 3.36. The Labute approximate surface area is 244 Å². The fourth-order valence-corrected chi connectivity index (χ4v) is 3.02. The molecule has 0 bridgehead atoms. The molecule has 0 aliphatic heterocycles. The molecule has 0 aliphatic carbocycles. The molecule has 0 unspecified atom stereocenters. The third-order valence-corrected chi connectivity index (χ3v) is 4.73. The molecule has 3 aromatic heterocycles. The number of rotatable bonds is 6. The molecule has 0 spiro atoms. The van der Waals surface area contributed by atoms with Crippen LogP contribution in [0.2, 0.25) is 0 Å². The predicted octanol–water partition coefficient (Wildman–Crippen LogP) is 6.36. The van der Waals surface area contributed by atoms with Gasteiger partial charge in [0, 0.05) is 61.2 Å². The molecule has 0 radical (unpaired) electrons. The number of imidazole rings is 1. The van der Waals surface area contributed by atoms with Gasteiger partial charge in [-0.15, -0.1) is 0 Å². The number of halogens is 3. The first-order valence-corrected chi connectivity index (χ1v) is 10.5. The normalized spacial score (nSPS) is 17.8. The van der Waals surface area contributed by atoms with Gasteiger partial charge in [-0.05, 0) is 67.7 Å². The Hall–Kier alpha value is -5.06. The van der Waals surface area contributed by atoms with Gasteiger partial charge >= 0.3 is 6.18 Å². The smallest absolute Gasteiger partial charge is 0.324 e. The average molecular weight is 546 g/mol. The maximum absolute atomic E-state index is 14.4. The summed E-state index contributed by atoms with van der Waals surface area (Å²) < 4.78 is 173. The molecular formula is C28H22F3N7O. The van der Waals surface area contributed by atoms with E-state index in [1.165, 1.54) is 24.5 Å². The van der Waals surface area contributed by atoms with Crippen molar-refractivity contribution in [1.82, 2.24) is 24.5 Å². The van der Waals surface area contributed by atoms with E-state index in [4.69, 9.17) is 21.9 Å². The van der Waals surface area contributed by atoms with Crippen LogP contribution >= 0.6 is 0 Å². The summed E-state index contributed by atoms with van der Waals surface area (Å²) in [4.78, 5) is 29.0. The molecule has 3 heterocycles. The Morgan fingerprint density at radius 2 is 2.00 bits per heavy atom. The molecule has 2 N–H and O–H groups in total. The molecule has 8 nitrogen and oxygen atoms in total. The predicted molar refractivity (Wildman–Crippen MR) is 141 cm³/mol. The van der Waals surface area contributed by atoms with Crippen molar-refractivity contribution in [1.29, 1.82) is 0 Å². The third kappa shape index (κ3) is 5.93. The minimum absolute atomic E-state index is 0.111. The maximum Gasteiger partial charge on any atom is 0.416 e. The quantitative estimate of drug-likeness (QED) is 0.258. The molecule has 1 amide bonds. The van der Waals surface area contributed by atoms with E-state index in [-0.39, 0.29) is 15.8 Å². The zero-order chi connectivity index (χ0) is 41.3. The van der Waals surface area contributed by atoms with Crippen LogP contribution < -0.4 is 10.6 Å². The third-order valence-electron chi connectivity index (χ3n) is 4.73. The Balaban J connectivity index is 1.73. The SMILES string of the molecule is [2H]c1nc(Nc2c([2H])c(C(=O)Nc3c([2H])c(-n4c([2H])nc(C([2H])([2H])[2H])c4[2H])c([2H])c(C(F)(F)F)c3[2H])c([2H])c([2H])c2C([2H])([2H])[2H])nc(-c2cccnc2)c1[2H]. The molecule has 196 valence electrons. The van der Waals surface area contributed by atoms with Gasteiger partial charge in [-0.1, -0.05) is 6.04 Å². The number of nitrogens with one attached hydrogen (secondary N) is 2. The number of anilines is 3. The van der Waals surface area contributed by atoms with Gasteiger partial charge in [0.05, 0.1) is 35.6 Å². The van der Waals surface area contributed by atoms with E-state index in [2.05, 4.69) is 25.3 Å². The van der Waals surface area contributed by atoms with Crippen LogP contribution in [-0.2, 0) is 6.18 Å². The summed E-state index contributed by atoms with van der Waals surface area (Å²) >= 11 is 0. The molecule has 0 saturated carbocycles. The highest BCUT2D eigenvalue weighted by Crippen LogP contribution is 2.33. The molecule has 0 saturated heterocycles. The van der Waals surface area contributed by atoms with Crippen molar-refractivity contribution in [2.75, 3.05) is 10.6 Å². The van der Waals surface area contributed by atoms with E-state index in [1.807, 2.05) is 0 Å². The maximum atomic E-state index is 14.4. The highest BCUT2D eigenvalue weighted by atomic mass is 19.4. The molecule has 2 aromatic carbocycles. The highest BCUT2D eigenvalue weighted by molar-refractivity contribution is 6.05. The fourth-order valence-electron chi connectivity index (χ4n) is 3.02. The van der Waals surface area contributed by atoms with Crippen LogP contribution in [-0.4, -0.2) is 30.4 Å². The summed E-state index contributed by atoms with van der Waals surface area (Å²) in [6, 6.07) is -5.85. The summed E-state index contributed by atoms with van der Waals surface area (Å²) in [6.45, 7) is -6.46. The van der Waals surface area contributed by atoms with E-state index in [0.717, 1.165) is 0 Å². The van der Waals surface area contributed by atoms with Crippen LogP contribution in [0.5, 0.6) is 0 Å². The summed E-state index contributed by atoms with van der Waals surface area (Å²) in [6.07, 6.45) is -5.99. The van der Waals surface area contributed by atoms with Crippen LogP contribution in [0.1, 0.15) is 49.1 Å². The number of pyridine rings is 1. The van der Waals surface area contributed by atoms with E-state index < -0.39 is 132 Å². The molecular weight excluding hydrogens is 507 g/mol. The largest absolute Gasteiger partial charge is 0.416 e. The molecule has 5 aromatic rings. The molecule has 39 heavy (non-hydrogen) atoms. The lowest BCUT2D eigenvalue weighted by Gasteiger charge is -2.14. The number of aryl methyl sites for hydroxylation is 1. The zero-order valence-electron chi connectivity index (χ0n) is 35.1. The summed E-state index contributed by atoms with van der Waals surface area (Å²) in [5.74, 6) is -2.36. The standard InChI is InChI=1S/C28H22F3N7O/c1-17-5-6-19(10-25(17)37-27-33-9-7-24(36-27)20-4-3-8-32-14-20)26(39)35-22-11-21(28(29,30)31)12-23(13-22)38-15-18(2)34-16-38/h3-16H,1-2H3,(H,35,39)(H,33,36,37)/i1D3,2D3,5D,6D,7D,9D,10D,11D,12D,13D,15D,16D. The topological polar surface area (TPSA) is 97.6 Å². The lowest BCUT2D eigenvalue weighted by molar-refractivity contribution is -0.137. The average Bonchev–Trinajstić information content (AvgIpc) is 3.36. The monoisotopic (exact) mass is 545 g/mol. The van der Waals surface area contributed by atoms with Crippen LogP contribution in [0.15, 0.2) is 85.5 Å². The number of amides is 1. The highest BCUT2D eigenvalue weighted by Gasteiger charge is 2.31. The van der Waals surface area contributed by atoms with Gasteiger partial charge in [-0.2, -0.15) is 13.2 Å². The van der Waals surface area contributed by atoms with E-state index in [0.29, 0.717) is 0 Å². The lowest BCUT2D eigenvalue weighted by atomic mass is 10.1. The van der Waals surface area contributed by atoms with Crippen molar-refractivity contribution in [2.24, 2.45) is 0 Å². The lowest BCUT2D eigenvalue weighted by Crippen LogP contribution is -2.14. The Morgan fingerprint density at radius 3 is 2.74 bits per heavy atom. The van der Waals surface area contributed by atoms with Gasteiger partial charge in [0.2, 0.25) is 5.95 Å². The van der Waals surface area contributed by atoms with Crippen LogP contribution in [0.3, 0.4) is 0 Å². The second kappa shape index (κ2) is 10.4. The second-order valence-corrected chi connectivity index (χ2v) is 7.43. The van der Waals surface area contributed by atoms with Gasteiger partial charge in [-0.3, -0.25) is 9.78 Å². The number of alkyl halides is 3. The van der Waals surface area contributed by atoms with E-state index >= 15 is 0 Å². The molecule has 5 rings (SSSR count). The van der Waals surface area contributed by atoms with Gasteiger partial charge in [0.25, 0.3) is 5.91 Å². The molecule has 0 fully saturated rings. The van der Waals surface area contributed by atoms with Crippen molar-refractivity contribution in [3.63, 3.8) is 0 Å².